The Labute approximate surface area is 135 Å². The summed E-state index contributed by atoms with van der Waals surface area (Å²) in [5.74, 6) is -0.278. The van der Waals surface area contributed by atoms with Crippen LogP contribution >= 0.6 is 27.5 Å². The minimum absolute atomic E-state index is 0.136. The number of rotatable bonds is 4. The second-order valence-corrected chi connectivity index (χ2v) is 5.57. The Kier molecular flexibility index (Phi) is 5.20. The Hall–Kier alpha value is -1.59. The molecule has 2 rings (SSSR count). The zero-order chi connectivity index (χ0) is 15.4. The Morgan fingerprint density at radius 2 is 2.05 bits per heavy atom. The molecule has 0 spiro atoms. The van der Waals surface area contributed by atoms with E-state index in [1.54, 1.807) is 13.0 Å². The van der Waals surface area contributed by atoms with Crippen LogP contribution in [0.1, 0.15) is 6.92 Å². The number of para-hydroxylation sites is 1. The zero-order valence-corrected chi connectivity index (χ0v) is 13.4. The average Bonchev–Trinajstić information content (AvgIpc) is 2.44. The van der Waals surface area contributed by atoms with Gasteiger partial charge < -0.3 is 10.1 Å². The molecule has 21 heavy (non-hydrogen) atoms. The van der Waals surface area contributed by atoms with Crippen molar-refractivity contribution in [1.82, 2.24) is 0 Å². The van der Waals surface area contributed by atoms with Crippen LogP contribution in [-0.2, 0) is 4.79 Å². The molecule has 6 heteroatoms. The van der Waals surface area contributed by atoms with E-state index in [1.165, 1.54) is 12.1 Å². The molecule has 0 aromatic heterocycles. The van der Waals surface area contributed by atoms with Gasteiger partial charge in [-0.15, -0.1) is 0 Å². The Morgan fingerprint density at radius 1 is 1.33 bits per heavy atom. The first kappa shape index (κ1) is 15.8. The highest BCUT2D eigenvalue weighted by Gasteiger charge is 2.17. The summed E-state index contributed by atoms with van der Waals surface area (Å²) in [4.78, 5) is 12.1. The van der Waals surface area contributed by atoms with Gasteiger partial charge in [0.2, 0.25) is 0 Å². The molecule has 1 amide bonds. The van der Waals surface area contributed by atoms with Crippen molar-refractivity contribution in [3.8, 4) is 5.75 Å². The van der Waals surface area contributed by atoms with Gasteiger partial charge in [0.25, 0.3) is 5.91 Å². The first-order chi connectivity index (χ1) is 9.97. The van der Waals surface area contributed by atoms with Crippen LogP contribution in [0.3, 0.4) is 0 Å². The van der Waals surface area contributed by atoms with Crippen molar-refractivity contribution in [2.75, 3.05) is 5.32 Å². The highest BCUT2D eigenvalue weighted by atomic mass is 79.9. The minimum Gasteiger partial charge on any atom is -0.480 e. The maximum absolute atomic E-state index is 12.9. The minimum atomic E-state index is -0.732. The van der Waals surface area contributed by atoms with Crippen LogP contribution in [0.5, 0.6) is 5.75 Å². The molecule has 1 unspecified atom stereocenters. The third-order valence-corrected chi connectivity index (χ3v) is 3.67. The third kappa shape index (κ3) is 4.19. The molecule has 0 bridgehead atoms. The molecule has 1 N–H and O–H groups in total. The monoisotopic (exact) mass is 371 g/mol. The summed E-state index contributed by atoms with van der Waals surface area (Å²) in [5, 5.41) is 2.73. The van der Waals surface area contributed by atoms with Crippen LogP contribution in [0.15, 0.2) is 46.9 Å². The highest BCUT2D eigenvalue weighted by molar-refractivity contribution is 9.10. The number of halogens is 3. The summed E-state index contributed by atoms with van der Waals surface area (Å²) in [6.45, 7) is 1.62. The van der Waals surface area contributed by atoms with E-state index in [2.05, 4.69) is 21.2 Å². The van der Waals surface area contributed by atoms with Crippen LogP contribution in [-0.4, -0.2) is 12.0 Å². The van der Waals surface area contributed by atoms with Crippen LogP contribution in [0.4, 0.5) is 10.1 Å². The number of carbonyl (C=O) groups excluding carboxylic acids is 1. The van der Waals surface area contributed by atoms with E-state index < -0.39 is 11.9 Å². The van der Waals surface area contributed by atoms with Crippen molar-refractivity contribution < 1.29 is 13.9 Å². The SMILES string of the molecule is CC(Oc1ccccc1Br)C(=O)Nc1ccc(F)cc1Cl. The fraction of sp³-hybridized carbons (Fsp3) is 0.133. The van der Waals surface area contributed by atoms with E-state index in [0.717, 1.165) is 10.5 Å². The van der Waals surface area contributed by atoms with Crippen molar-refractivity contribution in [2.45, 2.75) is 13.0 Å². The molecule has 0 aliphatic heterocycles. The first-order valence-corrected chi connectivity index (χ1v) is 7.31. The Bertz CT molecular complexity index is 666. The van der Waals surface area contributed by atoms with E-state index in [0.29, 0.717) is 11.4 Å². The number of anilines is 1. The number of benzene rings is 2. The second kappa shape index (κ2) is 6.91. The largest absolute Gasteiger partial charge is 0.480 e. The predicted molar refractivity (Wildman–Crippen MR) is 84.3 cm³/mol. The molecule has 3 nitrogen and oxygen atoms in total. The Balaban J connectivity index is 2.04. The summed E-state index contributed by atoms with van der Waals surface area (Å²) in [7, 11) is 0. The van der Waals surface area contributed by atoms with Gasteiger partial charge in [0, 0.05) is 0 Å². The standard InChI is InChI=1S/C15H12BrClFNO2/c1-9(21-14-5-3-2-4-11(14)16)15(20)19-13-7-6-10(18)8-12(13)17/h2-9H,1H3,(H,19,20). The smallest absolute Gasteiger partial charge is 0.265 e. The van der Waals surface area contributed by atoms with Gasteiger partial charge in [-0.25, -0.2) is 4.39 Å². The summed E-state index contributed by atoms with van der Waals surface area (Å²) < 4.78 is 19.3. The molecule has 1 atom stereocenters. The molecular weight excluding hydrogens is 361 g/mol. The van der Waals surface area contributed by atoms with Gasteiger partial charge in [0.15, 0.2) is 6.10 Å². The molecule has 110 valence electrons. The number of amides is 1. The van der Waals surface area contributed by atoms with E-state index in [4.69, 9.17) is 16.3 Å². The molecule has 0 saturated heterocycles. The van der Waals surface area contributed by atoms with E-state index in [1.807, 2.05) is 18.2 Å². The number of hydrogen-bond acceptors (Lipinski definition) is 2. The fourth-order valence-electron chi connectivity index (χ4n) is 1.61. The molecule has 2 aromatic carbocycles. The van der Waals surface area contributed by atoms with Gasteiger partial charge >= 0.3 is 0 Å². The summed E-state index contributed by atoms with van der Waals surface area (Å²) >= 11 is 9.20. The van der Waals surface area contributed by atoms with Crippen molar-refractivity contribution in [1.29, 1.82) is 0 Å². The lowest BCUT2D eigenvalue weighted by Crippen LogP contribution is -2.30. The molecule has 2 aromatic rings. The number of ether oxygens (including phenoxy) is 1. The third-order valence-electron chi connectivity index (χ3n) is 2.70. The summed E-state index contributed by atoms with van der Waals surface area (Å²) in [5.41, 5.74) is 0.339. The lowest BCUT2D eigenvalue weighted by molar-refractivity contribution is -0.122. The molecule has 0 aliphatic rings. The predicted octanol–water partition coefficient (Wildman–Crippen LogP) is 4.65. The van der Waals surface area contributed by atoms with Crippen molar-refractivity contribution >= 4 is 39.1 Å². The zero-order valence-electron chi connectivity index (χ0n) is 11.1. The summed E-state index contributed by atoms with van der Waals surface area (Å²) in [6.07, 6.45) is -0.732. The van der Waals surface area contributed by atoms with Crippen LogP contribution in [0, 0.1) is 5.82 Å². The van der Waals surface area contributed by atoms with Gasteiger partial charge in [-0.2, -0.15) is 0 Å². The van der Waals surface area contributed by atoms with Crippen LogP contribution < -0.4 is 10.1 Å². The first-order valence-electron chi connectivity index (χ1n) is 6.14. The topological polar surface area (TPSA) is 38.3 Å². The maximum Gasteiger partial charge on any atom is 0.265 e. The van der Waals surface area contributed by atoms with Crippen molar-refractivity contribution in [2.24, 2.45) is 0 Å². The van der Waals surface area contributed by atoms with E-state index in [9.17, 15) is 9.18 Å². The second-order valence-electron chi connectivity index (χ2n) is 4.30. The quantitative estimate of drug-likeness (QED) is 0.848. The fourth-order valence-corrected chi connectivity index (χ4v) is 2.20. The molecule has 0 heterocycles. The normalized spacial score (nSPS) is 11.8. The van der Waals surface area contributed by atoms with Crippen molar-refractivity contribution in [3.63, 3.8) is 0 Å². The molecule has 0 aliphatic carbocycles. The van der Waals surface area contributed by atoms with Gasteiger partial charge in [-0.05, 0) is 53.2 Å². The van der Waals surface area contributed by atoms with Gasteiger partial charge in [0.1, 0.15) is 11.6 Å². The van der Waals surface area contributed by atoms with Gasteiger partial charge in [-0.1, -0.05) is 23.7 Å². The lowest BCUT2D eigenvalue weighted by Gasteiger charge is -2.16. The van der Waals surface area contributed by atoms with Gasteiger partial charge in [0.05, 0.1) is 15.2 Å². The molecular formula is C15H12BrClFNO2. The number of nitrogens with one attached hydrogen (secondary N) is 1. The lowest BCUT2D eigenvalue weighted by atomic mass is 10.3. The molecule has 0 radical (unpaired) electrons. The Morgan fingerprint density at radius 3 is 2.71 bits per heavy atom. The van der Waals surface area contributed by atoms with E-state index in [-0.39, 0.29) is 10.9 Å². The summed E-state index contributed by atoms with van der Waals surface area (Å²) in [6, 6.07) is 11.0. The van der Waals surface area contributed by atoms with Crippen molar-refractivity contribution in [3.05, 3.63) is 57.8 Å². The number of carbonyl (C=O) groups is 1. The van der Waals surface area contributed by atoms with E-state index >= 15 is 0 Å². The average molecular weight is 373 g/mol. The molecule has 0 fully saturated rings. The maximum atomic E-state index is 12.9. The molecule has 0 saturated carbocycles. The number of hydrogen-bond donors (Lipinski definition) is 1. The van der Waals surface area contributed by atoms with Crippen LogP contribution in [0.25, 0.3) is 0 Å². The van der Waals surface area contributed by atoms with Gasteiger partial charge in [-0.3, -0.25) is 4.79 Å². The highest BCUT2D eigenvalue weighted by Crippen LogP contribution is 2.26. The van der Waals surface area contributed by atoms with Crippen LogP contribution in [0.2, 0.25) is 5.02 Å².